The summed E-state index contributed by atoms with van der Waals surface area (Å²) in [6.45, 7) is 9.54. The summed E-state index contributed by atoms with van der Waals surface area (Å²) in [6.07, 6.45) is 2.31. The molecule has 3 nitrogen and oxygen atoms in total. The number of aryl methyl sites for hydroxylation is 1. The Kier molecular flexibility index (Phi) is 5.57. The molecule has 2 aromatic rings. The fraction of sp³-hybridized carbons (Fsp3) is 0.500. The van der Waals surface area contributed by atoms with Crippen molar-refractivity contribution in [3.8, 4) is 5.75 Å². The zero-order valence-electron chi connectivity index (χ0n) is 13.5. The van der Waals surface area contributed by atoms with E-state index in [4.69, 9.17) is 4.74 Å². The Morgan fingerprint density at radius 2 is 2.00 bits per heavy atom. The number of para-hydroxylation sites is 1. The number of nitrogens with one attached hydrogen (secondary N) is 1. The van der Waals surface area contributed by atoms with Crippen molar-refractivity contribution in [2.75, 3.05) is 6.54 Å². The number of nitrogens with zero attached hydrogens (tertiary/aromatic N) is 1. The van der Waals surface area contributed by atoms with Gasteiger partial charge in [0.05, 0.1) is 0 Å². The fourth-order valence-electron chi connectivity index (χ4n) is 2.57. The van der Waals surface area contributed by atoms with E-state index in [-0.39, 0.29) is 6.10 Å². The Hall–Kier alpha value is -1.61. The van der Waals surface area contributed by atoms with Crippen molar-refractivity contribution < 1.29 is 4.74 Å². The molecule has 1 N–H and O–H groups in total. The lowest BCUT2D eigenvalue weighted by Gasteiger charge is -2.25. The van der Waals surface area contributed by atoms with Crippen LogP contribution >= 0.6 is 0 Å². The molecule has 2 atom stereocenters. The third kappa shape index (κ3) is 3.94. The van der Waals surface area contributed by atoms with Gasteiger partial charge < -0.3 is 10.1 Å². The molecule has 1 aromatic carbocycles. The highest BCUT2D eigenvalue weighted by Crippen LogP contribution is 2.25. The number of rotatable bonds is 7. The van der Waals surface area contributed by atoms with Gasteiger partial charge in [-0.2, -0.15) is 0 Å². The lowest BCUT2D eigenvalue weighted by molar-refractivity contribution is 0.169. The highest BCUT2D eigenvalue weighted by atomic mass is 16.5. The number of aromatic nitrogens is 1. The van der Waals surface area contributed by atoms with E-state index >= 15 is 0 Å². The molecule has 0 aliphatic rings. The van der Waals surface area contributed by atoms with E-state index in [1.807, 2.05) is 25.1 Å². The van der Waals surface area contributed by atoms with Crippen LogP contribution < -0.4 is 10.1 Å². The first-order valence-corrected chi connectivity index (χ1v) is 7.92. The minimum absolute atomic E-state index is 0.120. The number of fused-ring (bicyclic) bond motifs is 1. The Morgan fingerprint density at radius 1 is 1.19 bits per heavy atom. The van der Waals surface area contributed by atoms with Crippen molar-refractivity contribution in [1.29, 1.82) is 0 Å². The van der Waals surface area contributed by atoms with Gasteiger partial charge in [-0.25, -0.2) is 4.98 Å². The van der Waals surface area contributed by atoms with Crippen LogP contribution in [0.15, 0.2) is 30.3 Å². The molecule has 0 amide bonds. The van der Waals surface area contributed by atoms with Crippen LogP contribution in [-0.2, 0) is 0 Å². The van der Waals surface area contributed by atoms with Gasteiger partial charge in [0.2, 0.25) is 0 Å². The molecule has 0 aliphatic heterocycles. The quantitative estimate of drug-likeness (QED) is 0.832. The molecule has 2 unspecified atom stereocenters. The molecule has 21 heavy (non-hydrogen) atoms. The van der Waals surface area contributed by atoms with Gasteiger partial charge in [-0.05, 0) is 45.4 Å². The van der Waals surface area contributed by atoms with E-state index < -0.39 is 0 Å². The summed E-state index contributed by atoms with van der Waals surface area (Å²) < 4.78 is 6.21. The topological polar surface area (TPSA) is 34.1 Å². The normalized spacial score (nSPS) is 14.1. The van der Waals surface area contributed by atoms with Crippen LogP contribution in [-0.4, -0.2) is 23.7 Å². The lowest BCUT2D eigenvalue weighted by atomic mass is 10.1. The summed E-state index contributed by atoms with van der Waals surface area (Å²) in [5.74, 6) is 0.875. The van der Waals surface area contributed by atoms with Gasteiger partial charge >= 0.3 is 0 Å². The molecular weight excluding hydrogens is 260 g/mol. The average Bonchev–Trinajstić information content (AvgIpc) is 2.48. The maximum absolute atomic E-state index is 6.21. The first kappa shape index (κ1) is 15.8. The number of benzene rings is 1. The van der Waals surface area contributed by atoms with E-state index in [1.54, 1.807) is 0 Å². The molecule has 1 aromatic heterocycles. The molecule has 1 heterocycles. The average molecular weight is 286 g/mol. The van der Waals surface area contributed by atoms with Crippen LogP contribution in [0.5, 0.6) is 5.75 Å². The zero-order chi connectivity index (χ0) is 15.2. The molecule has 0 bridgehead atoms. The van der Waals surface area contributed by atoms with E-state index in [2.05, 4.69) is 43.2 Å². The van der Waals surface area contributed by atoms with Crippen molar-refractivity contribution in [3.63, 3.8) is 0 Å². The minimum atomic E-state index is 0.120. The van der Waals surface area contributed by atoms with Crippen LogP contribution in [0.2, 0.25) is 0 Å². The molecule has 0 radical (unpaired) electrons. The largest absolute Gasteiger partial charge is 0.487 e. The number of ether oxygens (including phenoxy) is 1. The summed E-state index contributed by atoms with van der Waals surface area (Å²) in [7, 11) is 0. The van der Waals surface area contributed by atoms with Gasteiger partial charge in [-0.15, -0.1) is 0 Å². The van der Waals surface area contributed by atoms with Crippen molar-refractivity contribution in [2.45, 2.75) is 52.7 Å². The monoisotopic (exact) mass is 286 g/mol. The van der Waals surface area contributed by atoms with Crippen LogP contribution in [0, 0.1) is 6.92 Å². The molecule has 3 heteroatoms. The van der Waals surface area contributed by atoms with Crippen molar-refractivity contribution >= 4 is 10.9 Å². The van der Waals surface area contributed by atoms with Crippen LogP contribution in [0.4, 0.5) is 0 Å². The van der Waals surface area contributed by atoms with E-state index in [9.17, 15) is 0 Å². The predicted octanol–water partition coefficient (Wildman–Crippen LogP) is 4.09. The second-order valence-electron chi connectivity index (χ2n) is 5.57. The molecule has 0 saturated heterocycles. The second kappa shape index (κ2) is 7.41. The lowest BCUT2D eigenvalue weighted by Crippen LogP contribution is -2.41. The molecule has 0 spiro atoms. The predicted molar refractivity (Wildman–Crippen MR) is 88.9 cm³/mol. The zero-order valence-corrected chi connectivity index (χ0v) is 13.5. The first-order chi connectivity index (χ1) is 10.2. The third-order valence-electron chi connectivity index (χ3n) is 3.80. The molecule has 0 saturated carbocycles. The highest BCUT2D eigenvalue weighted by Gasteiger charge is 2.17. The van der Waals surface area contributed by atoms with Gasteiger partial charge in [0.15, 0.2) is 0 Å². The summed E-state index contributed by atoms with van der Waals surface area (Å²) in [6, 6.07) is 10.6. The first-order valence-electron chi connectivity index (χ1n) is 7.92. The van der Waals surface area contributed by atoms with Crippen molar-refractivity contribution in [1.82, 2.24) is 10.3 Å². The maximum Gasteiger partial charge on any atom is 0.146 e. The van der Waals surface area contributed by atoms with Crippen LogP contribution in [0.3, 0.4) is 0 Å². The van der Waals surface area contributed by atoms with Gasteiger partial charge in [-0.3, -0.25) is 0 Å². The van der Waals surface area contributed by atoms with E-state index in [0.717, 1.165) is 41.7 Å². The Labute approximate surface area is 127 Å². The summed E-state index contributed by atoms with van der Waals surface area (Å²) >= 11 is 0. The SMILES string of the molecule is CCCNC(CC)C(C)Oc1cccc2ccc(C)nc12. The molecule has 114 valence electrons. The molecule has 2 rings (SSSR count). The van der Waals surface area contributed by atoms with E-state index in [0.29, 0.717) is 6.04 Å². The smallest absolute Gasteiger partial charge is 0.146 e. The van der Waals surface area contributed by atoms with Crippen molar-refractivity contribution in [2.24, 2.45) is 0 Å². The number of hydrogen-bond acceptors (Lipinski definition) is 3. The van der Waals surface area contributed by atoms with Crippen molar-refractivity contribution in [3.05, 3.63) is 36.0 Å². The third-order valence-corrected chi connectivity index (χ3v) is 3.80. The summed E-state index contributed by atoms with van der Waals surface area (Å²) in [5, 5.41) is 4.68. The fourth-order valence-corrected chi connectivity index (χ4v) is 2.57. The van der Waals surface area contributed by atoms with Gasteiger partial charge in [0.25, 0.3) is 0 Å². The molecular formula is C18H26N2O. The van der Waals surface area contributed by atoms with E-state index in [1.165, 1.54) is 0 Å². The number of pyridine rings is 1. The van der Waals surface area contributed by atoms with Gasteiger partial charge in [-0.1, -0.05) is 32.0 Å². The Bertz CT molecular complexity index is 582. The Balaban J connectivity index is 2.20. The molecule has 0 aliphatic carbocycles. The minimum Gasteiger partial charge on any atom is -0.487 e. The summed E-state index contributed by atoms with van der Waals surface area (Å²) in [5.41, 5.74) is 1.97. The Morgan fingerprint density at radius 3 is 2.71 bits per heavy atom. The maximum atomic E-state index is 6.21. The standard InChI is InChI=1S/C18H26N2O/c1-5-12-19-16(6-2)14(4)21-17-9-7-8-15-11-10-13(3)20-18(15)17/h7-11,14,16,19H,5-6,12H2,1-4H3. The summed E-state index contributed by atoms with van der Waals surface area (Å²) in [4.78, 5) is 4.63. The highest BCUT2D eigenvalue weighted by molar-refractivity contribution is 5.84. The number of hydrogen-bond donors (Lipinski definition) is 1. The van der Waals surface area contributed by atoms with Crippen LogP contribution in [0.25, 0.3) is 10.9 Å². The van der Waals surface area contributed by atoms with Gasteiger partial charge in [0, 0.05) is 17.1 Å². The molecule has 0 fully saturated rings. The second-order valence-corrected chi connectivity index (χ2v) is 5.57. The van der Waals surface area contributed by atoms with Gasteiger partial charge in [0.1, 0.15) is 17.4 Å². The van der Waals surface area contributed by atoms with Crippen LogP contribution in [0.1, 0.15) is 39.3 Å².